The summed E-state index contributed by atoms with van der Waals surface area (Å²) >= 11 is 3.29. The molecule has 0 unspecified atom stereocenters. The van der Waals surface area contributed by atoms with Crippen molar-refractivity contribution in [1.82, 2.24) is 10.9 Å². The fourth-order valence-corrected chi connectivity index (χ4v) is 2.31. The molecule has 2 aromatic rings. The Labute approximate surface area is 136 Å². The highest BCUT2D eigenvalue weighted by atomic mass is 79.9. The van der Waals surface area contributed by atoms with E-state index in [1.165, 1.54) is 7.11 Å². The van der Waals surface area contributed by atoms with Crippen LogP contribution in [0.3, 0.4) is 0 Å². The van der Waals surface area contributed by atoms with Crippen molar-refractivity contribution in [3.8, 4) is 5.75 Å². The van der Waals surface area contributed by atoms with Gasteiger partial charge < -0.3 is 4.74 Å². The number of carbonyl (C=O) groups is 2. The molecule has 22 heavy (non-hydrogen) atoms. The largest absolute Gasteiger partial charge is 0.497 e. The Morgan fingerprint density at radius 2 is 1.64 bits per heavy atom. The molecule has 0 saturated carbocycles. The first kappa shape index (κ1) is 16.0. The second-order valence-electron chi connectivity index (χ2n) is 4.57. The molecule has 0 bridgehead atoms. The minimum absolute atomic E-state index is 0.365. The lowest BCUT2D eigenvalue weighted by Crippen LogP contribution is -2.42. The first-order valence-electron chi connectivity index (χ1n) is 6.52. The smallest absolute Gasteiger partial charge is 0.270 e. The Bertz CT molecular complexity index is 716. The first-order valence-corrected chi connectivity index (χ1v) is 7.32. The third kappa shape index (κ3) is 3.65. The van der Waals surface area contributed by atoms with Gasteiger partial charge in [0.05, 0.1) is 12.7 Å². The SMILES string of the molecule is COc1ccc(Br)c(C(=O)NNC(=O)c2ccccc2C)c1. The number of aryl methyl sites for hydroxylation is 1. The zero-order valence-electron chi connectivity index (χ0n) is 12.1. The number of methoxy groups -OCH3 is 1. The molecule has 0 radical (unpaired) electrons. The Morgan fingerprint density at radius 3 is 2.27 bits per heavy atom. The van der Waals surface area contributed by atoms with E-state index in [0.29, 0.717) is 21.3 Å². The summed E-state index contributed by atoms with van der Waals surface area (Å²) in [7, 11) is 1.52. The predicted octanol–water partition coefficient (Wildman–Crippen LogP) is 2.84. The minimum atomic E-state index is -0.437. The van der Waals surface area contributed by atoms with Crippen LogP contribution in [0.5, 0.6) is 5.75 Å². The molecule has 6 heteroatoms. The number of hydrogen-bond acceptors (Lipinski definition) is 3. The third-order valence-corrected chi connectivity index (χ3v) is 3.79. The van der Waals surface area contributed by atoms with E-state index in [9.17, 15) is 9.59 Å². The van der Waals surface area contributed by atoms with Gasteiger partial charge in [-0.2, -0.15) is 0 Å². The van der Waals surface area contributed by atoms with Crippen molar-refractivity contribution in [2.24, 2.45) is 0 Å². The molecule has 0 spiro atoms. The number of hydrogen-bond donors (Lipinski definition) is 2. The number of halogens is 1. The van der Waals surface area contributed by atoms with Gasteiger partial charge in [-0.1, -0.05) is 18.2 Å². The summed E-state index contributed by atoms with van der Waals surface area (Å²) in [5, 5.41) is 0. The van der Waals surface area contributed by atoms with Crippen LogP contribution >= 0.6 is 15.9 Å². The Morgan fingerprint density at radius 1 is 1.00 bits per heavy atom. The van der Waals surface area contributed by atoms with E-state index >= 15 is 0 Å². The number of ether oxygens (including phenoxy) is 1. The molecule has 114 valence electrons. The highest BCUT2D eigenvalue weighted by Crippen LogP contribution is 2.22. The van der Waals surface area contributed by atoms with Crippen LogP contribution in [-0.2, 0) is 0 Å². The van der Waals surface area contributed by atoms with Crippen molar-refractivity contribution >= 4 is 27.7 Å². The number of nitrogens with one attached hydrogen (secondary N) is 2. The van der Waals surface area contributed by atoms with Gasteiger partial charge in [0.25, 0.3) is 11.8 Å². The van der Waals surface area contributed by atoms with Crippen LogP contribution in [-0.4, -0.2) is 18.9 Å². The second-order valence-corrected chi connectivity index (χ2v) is 5.42. The Balaban J connectivity index is 2.07. The van der Waals surface area contributed by atoms with Gasteiger partial charge in [-0.25, -0.2) is 0 Å². The third-order valence-electron chi connectivity index (χ3n) is 3.10. The lowest BCUT2D eigenvalue weighted by atomic mass is 10.1. The predicted molar refractivity (Wildman–Crippen MR) is 86.8 cm³/mol. The summed E-state index contributed by atoms with van der Waals surface area (Å²) in [6, 6.07) is 12.1. The fourth-order valence-electron chi connectivity index (χ4n) is 1.88. The van der Waals surface area contributed by atoms with E-state index < -0.39 is 5.91 Å². The van der Waals surface area contributed by atoms with Gasteiger partial charge in [0.1, 0.15) is 5.75 Å². The van der Waals surface area contributed by atoms with Crippen molar-refractivity contribution in [2.75, 3.05) is 7.11 Å². The molecule has 0 fully saturated rings. The van der Waals surface area contributed by atoms with Gasteiger partial charge >= 0.3 is 0 Å². The average molecular weight is 363 g/mol. The molecule has 5 nitrogen and oxygen atoms in total. The molecule has 2 amide bonds. The maximum Gasteiger partial charge on any atom is 0.270 e. The van der Waals surface area contributed by atoms with Crippen LogP contribution < -0.4 is 15.6 Å². The summed E-state index contributed by atoms with van der Waals surface area (Å²) in [4.78, 5) is 24.2. The molecule has 0 aliphatic carbocycles. The Kier molecular flexibility index (Phi) is 5.16. The summed E-state index contributed by atoms with van der Waals surface area (Å²) in [5.74, 6) is -0.253. The zero-order chi connectivity index (χ0) is 16.1. The second kappa shape index (κ2) is 7.09. The molecule has 0 aliphatic rings. The molecule has 2 N–H and O–H groups in total. The maximum absolute atomic E-state index is 12.1. The molecule has 0 saturated heterocycles. The lowest BCUT2D eigenvalue weighted by molar-refractivity contribution is 0.0845. The monoisotopic (exact) mass is 362 g/mol. The topological polar surface area (TPSA) is 67.4 Å². The first-order chi connectivity index (χ1) is 10.5. The summed E-state index contributed by atoms with van der Waals surface area (Å²) in [6.45, 7) is 1.83. The molecule has 2 aromatic carbocycles. The summed E-state index contributed by atoms with van der Waals surface area (Å²) < 4.78 is 5.69. The van der Waals surface area contributed by atoms with Crippen LogP contribution in [0.15, 0.2) is 46.9 Å². The van der Waals surface area contributed by atoms with Crippen molar-refractivity contribution in [3.05, 3.63) is 63.6 Å². The van der Waals surface area contributed by atoms with Crippen molar-refractivity contribution in [3.63, 3.8) is 0 Å². The number of amides is 2. The van der Waals surface area contributed by atoms with Gasteiger partial charge in [0, 0.05) is 10.0 Å². The van der Waals surface area contributed by atoms with E-state index in [1.807, 2.05) is 19.1 Å². The molecule has 0 aromatic heterocycles. The van der Waals surface area contributed by atoms with Crippen molar-refractivity contribution < 1.29 is 14.3 Å². The molecule has 0 aliphatic heterocycles. The number of hydrazine groups is 1. The molecular formula is C16H15BrN2O3. The molecule has 2 rings (SSSR count). The fraction of sp³-hybridized carbons (Fsp3) is 0.125. The summed E-state index contributed by atoms with van der Waals surface area (Å²) in [5.41, 5.74) is 6.50. The van der Waals surface area contributed by atoms with Crippen LogP contribution in [0, 0.1) is 6.92 Å². The number of rotatable bonds is 3. The van der Waals surface area contributed by atoms with Crippen LogP contribution in [0.2, 0.25) is 0 Å². The molecule has 0 heterocycles. The highest BCUT2D eigenvalue weighted by Gasteiger charge is 2.13. The van der Waals surface area contributed by atoms with Gasteiger partial charge in [0.15, 0.2) is 0 Å². The quantitative estimate of drug-likeness (QED) is 0.825. The van der Waals surface area contributed by atoms with Gasteiger partial charge in [-0.15, -0.1) is 0 Å². The lowest BCUT2D eigenvalue weighted by Gasteiger charge is -2.10. The normalized spacial score (nSPS) is 9.95. The van der Waals surface area contributed by atoms with E-state index in [4.69, 9.17) is 4.74 Å². The zero-order valence-corrected chi connectivity index (χ0v) is 13.7. The Hall–Kier alpha value is -2.34. The van der Waals surface area contributed by atoms with Crippen LogP contribution in [0.25, 0.3) is 0 Å². The van der Waals surface area contributed by atoms with Gasteiger partial charge in [-0.3, -0.25) is 20.4 Å². The maximum atomic E-state index is 12.1. The van der Waals surface area contributed by atoms with Gasteiger partial charge in [0.2, 0.25) is 0 Å². The van der Waals surface area contributed by atoms with E-state index in [2.05, 4.69) is 26.8 Å². The van der Waals surface area contributed by atoms with Crippen LogP contribution in [0.1, 0.15) is 26.3 Å². The van der Waals surface area contributed by atoms with Crippen molar-refractivity contribution in [2.45, 2.75) is 6.92 Å². The standard InChI is InChI=1S/C16H15BrN2O3/c1-10-5-3-4-6-12(10)15(20)18-19-16(21)13-9-11(22-2)7-8-14(13)17/h3-9H,1-2H3,(H,18,20)(H,19,21). The average Bonchev–Trinajstić information content (AvgIpc) is 2.53. The highest BCUT2D eigenvalue weighted by molar-refractivity contribution is 9.10. The number of carbonyl (C=O) groups excluding carboxylic acids is 2. The number of benzene rings is 2. The van der Waals surface area contributed by atoms with Crippen molar-refractivity contribution in [1.29, 1.82) is 0 Å². The van der Waals surface area contributed by atoms with E-state index in [0.717, 1.165) is 5.56 Å². The summed E-state index contributed by atoms with van der Waals surface area (Å²) in [6.07, 6.45) is 0. The molecular weight excluding hydrogens is 348 g/mol. The van der Waals surface area contributed by atoms with E-state index in [1.54, 1.807) is 30.3 Å². The molecule has 0 atom stereocenters. The van der Waals surface area contributed by atoms with Gasteiger partial charge in [-0.05, 0) is 52.7 Å². The van der Waals surface area contributed by atoms with E-state index in [-0.39, 0.29) is 5.91 Å². The minimum Gasteiger partial charge on any atom is -0.497 e. The van der Waals surface area contributed by atoms with Crippen LogP contribution in [0.4, 0.5) is 0 Å².